The number of likely N-dealkylation sites (tertiary alicyclic amines) is 1. The van der Waals surface area contributed by atoms with Crippen LogP contribution in [-0.4, -0.2) is 73.8 Å². The Bertz CT molecular complexity index is 2730. The first-order chi connectivity index (χ1) is 30.4. The predicted molar refractivity (Wildman–Crippen MR) is 244 cm³/mol. The van der Waals surface area contributed by atoms with Gasteiger partial charge >= 0.3 is 0 Å². The van der Waals surface area contributed by atoms with Crippen molar-refractivity contribution < 1.29 is 14.3 Å². The number of nitrogens with zero attached hydrogens (tertiary/aromatic N) is 7. The highest BCUT2D eigenvalue weighted by Gasteiger charge is 2.40. The fraction of sp³-hybridized carbons (Fsp3) is 0.333. The smallest absolute Gasteiger partial charge is 0.196 e. The van der Waals surface area contributed by atoms with E-state index < -0.39 is 0 Å². The van der Waals surface area contributed by atoms with Gasteiger partial charge in [-0.15, -0.1) is 21.5 Å². The number of oxazole rings is 1. The van der Waals surface area contributed by atoms with Gasteiger partial charge in [-0.1, -0.05) is 60.7 Å². The number of phenols is 1. The Balaban J connectivity index is 0.765. The maximum Gasteiger partial charge on any atom is 0.196 e. The van der Waals surface area contributed by atoms with E-state index in [1.807, 2.05) is 19.1 Å². The largest absolute Gasteiger partial charge is 0.508 e. The molecule has 3 aromatic heterocycles. The molecule has 0 saturated carbocycles. The molecule has 0 radical (unpaired) electrons. The zero-order valence-corrected chi connectivity index (χ0v) is 36.3. The number of rotatable bonds is 10. The van der Waals surface area contributed by atoms with E-state index in [4.69, 9.17) is 14.1 Å². The van der Waals surface area contributed by atoms with E-state index in [0.29, 0.717) is 42.7 Å². The highest BCUT2D eigenvalue weighted by molar-refractivity contribution is 7.15. The van der Waals surface area contributed by atoms with Crippen LogP contribution in [0.2, 0.25) is 0 Å². The molecule has 11 rings (SSSR count). The summed E-state index contributed by atoms with van der Waals surface area (Å²) in [7, 11) is 0. The molecule has 1 aliphatic carbocycles. The summed E-state index contributed by atoms with van der Waals surface area (Å²) in [6.45, 7) is 10.0. The number of aromatic hydroxyl groups is 1. The molecular formula is C51H51N7O3S. The molecule has 2 saturated heterocycles. The summed E-state index contributed by atoms with van der Waals surface area (Å²) >= 11 is 1.78. The van der Waals surface area contributed by atoms with Gasteiger partial charge in [0.1, 0.15) is 41.2 Å². The quantitative estimate of drug-likeness (QED) is 0.145. The molecule has 314 valence electrons. The highest BCUT2D eigenvalue weighted by atomic mass is 32.1. The Morgan fingerprint density at radius 3 is 2.40 bits per heavy atom. The Hall–Kier alpha value is -6.04. The van der Waals surface area contributed by atoms with Crippen LogP contribution in [0.1, 0.15) is 98.5 Å². The number of piperazine rings is 1. The van der Waals surface area contributed by atoms with Crippen LogP contribution in [0, 0.1) is 20.8 Å². The first kappa shape index (κ1) is 38.9. The molecule has 10 nitrogen and oxygen atoms in total. The number of benzene rings is 4. The van der Waals surface area contributed by atoms with Crippen molar-refractivity contribution in [1.82, 2.24) is 24.6 Å². The third-order valence-corrected chi connectivity index (χ3v) is 15.0. The molecule has 62 heavy (non-hydrogen) atoms. The van der Waals surface area contributed by atoms with Gasteiger partial charge < -0.3 is 19.2 Å². The number of aryl methyl sites for hydroxylation is 3. The van der Waals surface area contributed by atoms with Crippen LogP contribution in [0.5, 0.6) is 11.5 Å². The summed E-state index contributed by atoms with van der Waals surface area (Å²) < 4.78 is 14.3. The second kappa shape index (κ2) is 16.0. The lowest BCUT2D eigenvalue weighted by Gasteiger charge is -2.42. The summed E-state index contributed by atoms with van der Waals surface area (Å²) in [5.74, 6) is 4.16. The zero-order chi connectivity index (χ0) is 41.9. The number of fused-ring (bicyclic) bond motifs is 6. The van der Waals surface area contributed by atoms with Crippen LogP contribution in [0.4, 0.5) is 5.69 Å². The van der Waals surface area contributed by atoms with E-state index in [-0.39, 0.29) is 12.0 Å². The molecule has 4 aromatic carbocycles. The average molecular weight is 842 g/mol. The van der Waals surface area contributed by atoms with Crippen molar-refractivity contribution in [3.63, 3.8) is 0 Å². The normalized spacial score (nSPS) is 21.8. The van der Waals surface area contributed by atoms with E-state index >= 15 is 0 Å². The minimum Gasteiger partial charge on any atom is -0.508 e. The number of hydrogen-bond donors (Lipinski definition) is 1. The third kappa shape index (κ3) is 7.01. The molecule has 4 aliphatic rings. The van der Waals surface area contributed by atoms with Crippen LogP contribution in [0.3, 0.4) is 0 Å². The Morgan fingerprint density at radius 1 is 0.855 bits per heavy atom. The minimum absolute atomic E-state index is 0.225. The van der Waals surface area contributed by atoms with Crippen LogP contribution in [-0.2, 0) is 12.8 Å². The minimum atomic E-state index is -0.291. The van der Waals surface area contributed by atoms with Gasteiger partial charge in [0, 0.05) is 59.3 Å². The van der Waals surface area contributed by atoms with Gasteiger partial charge in [-0.05, 0) is 117 Å². The molecule has 3 unspecified atom stereocenters. The Labute approximate surface area is 366 Å². The molecule has 7 aromatic rings. The van der Waals surface area contributed by atoms with Crippen LogP contribution >= 0.6 is 11.3 Å². The maximum atomic E-state index is 10.3. The van der Waals surface area contributed by atoms with Gasteiger partial charge in [-0.25, -0.2) is 4.98 Å². The molecule has 5 atom stereocenters. The molecule has 6 heterocycles. The summed E-state index contributed by atoms with van der Waals surface area (Å²) in [5.41, 5.74) is 11.0. The van der Waals surface area contributed by atoms with Crippen molar-refractivity contribution in [3.05, 3.63) is 171 Å². The number of hydrogen-bond acceptors (Lipinski definition) is 10. The highest BCUT2D eigenvalue weighted by Crippen LogP contribution is 2.47. The molecule has 11 heteroatoms. The molecule has 0 amide bonds. The van der Waals surface area contributed by atoms with E-state index in [2.05, 4.69) is 128 Å². The lowest BCUT2D eigenvalue weighted by Crippen LogP contribution is -2.54. The lowest BCUT2D eigenvalue weighted by molar-refractivity contribution is 0.178. The number of ether oxygens (including phenoxy) is 1. The topological polar surface area (TPSA) is 105 Å². The van der Waals surface area contributed by atoms with Crippen molar-refractivity contribution in [1.29, 1.82) is 0 Å². The van der Waals surface area contributed by atoms with Gasteiger partial charge in [0.2, 0.25) is 0 Å². The van der Waals surface area contributed by atoms with Crippen molar-refractivity contribution in [3.8, 4) is 16.5 Å². The van der Waals surface area contributed by atoms with E-state index in [9.17, 15) is 5.11 Å². The third-order valence-electron chi connectivity index (χ3n) is 13.8. The van der Waals surface area contributed by atoms with Gasteiger partial charge in [0.25, 0.3) is 0 Å². The number of phenolic OH excluding ortho intramolecular Hbond substituents is 1. The predicted octanol–water partition coefficient (Wildman–Crippen LogP) is 9.68. The summed E-state index contributed by atoms with van der Waals surface area (Å²) in [4.78, 5) is 16.4. The fourth-order valence-electron chi connectivity index (χ4n) is 10.8. The Kier molecular flexibility index (Phi) is 10.0. The number of aliphatic imine (C=N–C) groups is 1. The van der Waals surface area contributed by atoms with Gasteiger partial charge in [0.15, 0.2) is 11.7 Å². The SMILES string of the molecule is Cc1sc2c(c1C)C(c1ccc(N3C4CCC3CN(CCOc3ccc([C@@H]5c6ccc(O)cc6CC[C@@H]5c5ccccc5)cc3)C4)cc1)=NC(Cc1ncco1)c1nnc(C)n1-2. The van der Waals surface area contributed by atoms with E-state index in [1.165, 1.54) is 51.2 Å². The van der Waals surface area contributed by atoms with E-state index in [1.54, 1.807) is 23.8 Å². The first-order valence-corrected chi connectivity index (χ1v) is 22.9. The first-order valence-electron chi connectivity index (χ1n) is 22.1. The second-order valence-corrected chi connectivity index (χ2v) is 18.7. The molecule has 0 spiro atoms. The summed E-state index contributed by atoms with van der Waals surface area (Å²) in [6, 6.07) is 35.3. The standard InChI is InChI=1S/C51H51N7O3S/c1-31-32(2)62-51-47(31)49(53-45(28-46-52-23-25-61-46)50-55-54-33(3)57(50)51)36-9-14-38(15-10-36)58-39-16-17-40(58)30-56(29-39)24-26-60-42-19-11-35(12-20-42)48-43(34-7-5-4-6-8-34)21-13-37-27-41(59)18-22-44(37)48/h4-12,14-15,18-20,22-23,25,27,39-40,43,45,48,59H,13,16-17,21,24,26,28-30H2,1-3H3/t39?,40?,43-,45?,48+/m1/s1. The van der Waals surface area contributed by atoms with Crippen molar-refractivity contribution in [2.75, 3.05) is 31.1 Å². The molecule has 1 N–H and O–H groups in total. The number of thiophene rings is 1. The average Bonchev–Trinajstić information content (AvgIpc) is 4.06. The van der Waals surface area contributed by atoms with Crippen molar-refractivity contribution in [2.24, 2.45) is 4.99 Å². The number of anilines is 1. The van der Waals surface area contributed by atoms with Gasteiger partial charge in [-0.3, -0.25) is 14.5 Å². The molecular weight excluding hydrogens is 791 g/mol. The van der Waals surface area contributed by atoms with Gasteiger partial charge in [0.05, 0.1) is 18.3 Å². The summed E-state index contributed by atoms with van der Waals surface area (Å²) in [6.07, 6.45) is 8.21. The summed E-state index contributed by atoms with van der Waals surface area (Å²) in [5, 5.41) is 20.5. The lowest BCUT2D eigenvalue weighted by atomic mass is 9.69. The van der Waals surface area contributed by atoms with Crippen molar-refractivity contribution in [2.45, 2.75) is 82.8 Å². The van der Waals surface area contributed by atoms with E-state index in [0.717, 1.165) is 71.7 Å². The van der Waals surface area contributed by atoms with Crippen LogP contribution in [0.15, 0.2) is 119 Å². The van der Waals surface area contributed by atoms with Crippen LogP contribution < -0.4 is 9.64 Å². The fourth-order valence-corrected chi connectivity index (χ4v) is 12.0. The Morgan fingerprint density at radius 2 is 1.65 bits per heavy atom. The monoisotopic (exact) mass is 841 g/mol. The second-order valence-electron chi connectivity index (χ2n) is 17.5. The number of aromatic nitrogens is 4. The maximum absolute atomic E-state index is 10.3. The molecule has 2 bridgehead atoms. The van der Waals surface area contributed by atoms with Gasteiger partial charge in [-0.2, -0.15) is 0 Å². The molecule has 3 aliphatic heterocycles. The molecule has 2 fully saturated rings. The van der Waals surface area contributed by atoms with Crippen LogP contribution in [0.25, 0.3) is 5.00 Å². The van der Waals surface area contributed by atoms with Crippen molar-refractivity contribution >= 4 is 22.7 Å². The zero-order valence-electron chi connectivity index (χ0n) is 35.4.